The number of nitrogens with zero attached hydrogens (tertiary/aromatic N) is 4. The number of halogens is 5. The van der Waals surface area contributed by atoms with Crippen molar-refractivity contribution in [1.29, 1.82) is 0 Å². The minimum Gasteiger partial charge on any atom is -1.00 e. The van der Waals surface area contributed by atoms with Crippen LogP contribution >= 0.6 is 50.7 Å². The lowest BCUT2D eigenvalue weighted by atomic mass is 10.2. The Bertz CT molecular complexity index is 1480. The molecular weight excluding hydrogens is 1020 g/mol. The molecule has 0 saturated carbocycles. The molecule has 362 valence electrons. The summed E-state index contributed by atoms with van der Waals surface area (Å²) in [5.41, 5.74) is 58.4. The number of nitrogens with two attached hydrogens (primary N) is 2. The van der Waals surface area contributed by atoms with Crippen LogP contribution in [-0.2, 0) is 25.0 Å². The van der Waals surface area contributed by atoms with Gasteiger partial charge in [0.2, 0.25) is 0 Å². The van der Waals surface area contributed by atoms with E-state index in [2.05, 4.69) is 238 Å². The first-order valence-corrected chi connectivity index (χ1v) is 20.9. The predicted octanol–water partition coefficient (Wildman–Crippen LogP) is -6.86. The maximum Gasteiger partial charge on any atom is 0.253 e. The molecule has 0 bridgehead atoms. The summed E-state index contributed by atoms with van der Waals surface area (Å²) in [5.74, 6) is 12.2. The van der Waals surface area contributed by atoms with E-state index in [1.54, 1.807) is 0 Å². The summed E-state index contributed by atoms with van der Waals surface area (Å²) in [5, 5.41) is 0.952. The van der Waals surface area contributed by atoms with Gasteiger partial charge in [-0.3, -0.25) is 11.7 Å². The van der Waals surface area contributed by atoms with Crippen molar-refractivity contribution in [3.05, 3.63) is 108 Å². The quantitative estimate of drug-likeness (QED) is 0.00790. The third-order valence-corrected chi connectivity index (χ3v) is 7.35. The highest BCUT2D eigenvalue weighted by molar-refractivity contribution is 9.08. The Hall–Kier alpha value is -2.31. The number of hydrogen-bond donors (Lipinski definition) is 25. The normalized spacial score (nSPS) is 10.3. The fourth-order valence-electron chi connectivity index (χ4n) is 4.08. The molecule has 4 rings (SSSR count). The molecule has 0 fully saturated rings. The van der Waals surface area contributed by atoms with Gasteiger partial charge in [-0.25, -0.2) is 14.1 Å². The van der Waals surface area contributed by atoms with Gasteiger partial charge in [0.05, 0.1) is 6.54 Å². The second kappa shape index (κ2) is 47.6. The minimum atomic E-state index is -0.750. The summed E-state index contributed by atoms with van der Waals surface area (Å²) in [6, 6.07) is 20.9. The Kier molecular flexibility index (Phi) is 47.5. The molecule has 0 atom stereocenters. The third kappa shape index (κ3) is 39.8. The van der Waals surface area contributed by atoms with E-state index in [0.717, 1.165) is 30.8 Å². The summed E-state index contributed by atoms with van der Waals surface area (Å²) in [6.07, 6.45) is 10.5. The van der Waals surface area contributed by atoms with E-state index in [9.17, 15) is 0 Å². The number of aryl methyl sites for hydroxylation is 3. The number of benzene rings is 2. The molecule has 2 aromatic heterocycles. The molecule has 0 unspecified atom stereocenters. The van der Waals surface area contributed by atoms with Crippen LogP contribution in [0.1, 0.15) is 49.5 Å². The highest BCUT2D eigenvalue weighted by atomic mass is 79.9. The van der Waals surface area contributed by atoms with Crippen LogP contribution in [0.2, 0.25) is 0 Å². The van der Waals surface area contributed by atoms with E-state index in [-0.39, 0.29) is 17.0 Å². The maximum atomic E-state index is 4.91. The van der Waals surface area contributed by atoms with Crippen molar-refractivity contribution in [1.82, 2.24) is 141 Å². The van der Waals surface area contributed by atoms with Crippen LogP contribution in [0.5, 0.6) is 0 Å². The molecule has 0 aliphatic rings. The number of hydrazine groups is 24. The van der Waals surface area contributed by atoms with Crippen LogP contribution in [0.4, 0.5) is 0 Å². The first kappa shape index (κ1) is 62.8. The van der Waals surface area contributed by atoms with E-state index >= 15 is 0 Å². The fourth-order valence-corrected chi connectivity index (χ4v) is 4.45. The van der Waals surface area contributed by atoms with Crippen molar-refractivity contribution in [3.8, 4) is 0 Å². The Labute approximate surface area is 401 Å². The standard InChI is InChI=1S/C14H19N2.C7H7Br.C7H12N2.CHCl3.BrH.H27N25/c1-3-9-15-10-11-16(13(15)2)12-14-7-5-4-6-8-14;8-6-7-4-2-1-3-5-7;1-3-5-9-6-4-8-7(9)2;2-1(3)4;;1-3-5-7-9-11-13-15-17-19-21-23-25-24-22-20-18-16-14-12-10-8-6-4-2/h4-8,10-11H,3,9,12H2,1-2H3;1-5H,6H2;4,6H,3,5H2,1-2H3;1H;1H;3-25H,1-2H2/q+1;;;;;/p-1. The SMILES string of the molecule is BrCc1ccccc1.CCCn1cc[n+](Cc2ccccc2)c1C.CCCn1ccnc1C.ClC(Cl)Cl.NNNNNNNNNNNNNNNNNNNNNNNNN.[Br-]. The van der Waals surface area contributed by atoms with Gasteiger partial charge in [0.15, 0.2) is 4.30 Å². The summed E-state index contributed by atoms with van der Waals surface area (Å²) in [6.45, 7) is 11.7. The number of rotatable bonds is 29. The van der Waals surface area contributed by atoms with Crippen LogP contribution in [-0.4, -0.2) is 18.4 Å². The molecule has 0 aliphatic heterocycles. The van der Waals surface area contributed by atoms with E-state index in [4.69, 9.17) is 46.5 Å². The highest BCUT2D eigenvalue weighted by Crippen LogP contribution is 2.04. The smallest absolute Gasteiger partial charge is 0.253 e. The Morgan fingerprint density at radius 2 is 0.921 bits per heavy atom. The molecule has 27 N–H and O–H groups in total. The zero-order chi connectivity index (χ0) is 45.7. The van der Waals surface area contributed by atoms with Crippen molar-refractivity contribution < 1.29 is 21.5 Å². The molecule has 2 heterocycles. The molecule has 0 saturated heterocycles. The van der Waals surface area contributed by atoms with Crippen LogP contribution in [0.3, 0.4) is 0 Å². The van der Waals surface area contributed by atoms with Gasteiger partial charge >= 0.3 is 0 Å². The average molecular weight is 1090 g/mol. The summed E-state index contributed by atoms with van der Waals surface area (Å²) >= 11 is 17.8. The second-order valence-corrected chi connectivity index (χ2v) is 13.6. The number of alkyl halides is 4. The molecule has 0 aliphatic carbocycles. The summed E-state index contributed by atoms with van der Waals surface area (Å²) in [4.78, 5) is 4.10. The van der Waals surface area contributed by atoms with Crippen molar-refractivity contribution in [3.63, 3.8) is 0 Å². The lowest BCUT2D eigenvalue weighted by Gasteiger charge is -2.15. The first-order chi connectivity index (χ1) is 30.2. The van der Waals surface area contributed by atoms with Gasteiger partial charge in [0.25, 0.3) is 5.82 Å². The second-order valence-electron chi connectivity index (χ2n) is 11.1. The van der Waals surface area contributed by atoms with Crippen molar-refractivity contribution >= 4 is 50.7 Å². The van der Waals surface area contributed by atoms with Gasteiger partial charge in [-0.15, -0.1) is 0 Å². The third-order valence-electron chi connectivity index (χ3n) is 6.70. The summed E-state index contributed by atoms with van der Waals surface area (Å²) in [7, 11) is 0. The van der Waals surface area contributed by atoms with Crippen LogP contribution in [0.25, 0.3) is 0 Å². The molecule has 29 nitrogen and oxygen atoms in total. The van der Waals surface area contributed by atoms with Gasteiger partial charge in [0, 0.05) is 31.2 Å². The van der Waals surface area contributed by atoms with Crippen LogP contribution in [0, 0.1) is 13.8 Å². The predicted molar refractivity (Wildman–Crippen MR) is 243 cm³/mol. The van der Waals surface area contributed by atoms with E-state index in [1.165, 1.54) is 29.8 Å². The topological polar surface area (TPSA) is 355 Å². The molecule has 0 spiro atoms. The van der Waals surface area contributed by atoms with E-state index in [1.807, 2.05) is 37.5 Å². The highest BCUT2D eigenvalue weighted by Gasteiger charge is 2.11. The largest absolute Gasteiger partial charge is 1.00 e. The van der Waals surface area contributed by atoms with Gasteiger partial charge < -0.3 is 21.5 Å². The number of imidazole rings is 2. The zero-order valence-electron chi connectivity index (χ0n) is 35.2. The van der Waals surface area contributed by atoms with Crippen LogP contribution in [0.15, 0.2) is 85.5 Å². The zero-order valence-corrected chi connectivity index (χ0v) is 40.7. The van der Waals surface area contributed by atoms with E-state index < -0.39 is 4.30 Å². The Morgan fingerprint density at radius 1 is 0.571 bits per heavy atom. The van der Waals surface area contributed by atoms with Gasteiger partial charge in [-0.1, -0.05) is 125 Å². The van der Waals surface area contributed by atoms with Gasteiger partial charge in [0.1, 0.15) is 24.8 Å². The van der Waals surface area contributed by atoms with Crippen molar-refractivity contribution in [2.45, 2.75) is 69.8 Å². The molecular formula is C29H66Br2Cl3N29. The molecule has 0 amide bonds. The van der Waals surface area contributed by atoms with Gasteiger partial charge in [-0.05, 0) is 30.9 Å². The maximum absolute atomic E-state index is 4.91. The minimum absolute atomic E-state index is 0. The number of aromatic nitrogens is 4. The molecule has 34 heteroatoms. The average Bonchev–Trinajstić information content (AvgIpc) is 3.85. The number of hydrogen-bond acceptors (Lipinski definition) is 26. The molecule has 4 aromatic rings. The lowest BCUT2D eigenvalue weighted by Crippen LogP contribution is -3.00. The van der Waals surface area contributed by atoms with Crippen molar-refractivity contribution in [2.75, 3.05) is 0 Å². The van der Waals surface area contributed by atoms with Crippen molar-refractivity contribution in [2.24, 2.45) is 11.7 Å². The van der Waals surface area contributed by atoms with Gasteiger partial charge in [-0.2, -0.15) is 127 Å². The van der Waals surface area contributed by atoms with Crippen LogP contribution < -0.4 is 161 Å². The number of nitrogens with one attached hydrogen (secondary N) is 23. The molecule has 63 heavy (non-hydrogen) atoms. The monoisotopic (exact) mass is 1080 g/mol. The molecule has 0 radical (unpaired) electrons. The Morgan fingerprint density at radius 3 is 1.22 bits per heavy atom. The lowest BCUT2D eigenvalue weighted by molar-refractivity contribution is -0.694. The molecule has 2 aromatic carbocycles. The van der Waals surface area contributed by atoms with E-state index in [0.29, 0.717) is 0 Å². The first-order valence-electron chi connectivity index (χ1n) is 18.5. The summed E-state index contributed by atoms with van der Waals surface area (Å²) < 4.78 is 6.01. The Balaban J connectivity index is 0. The fraction of sp³-hybridized carbons (Fsp3) is 0.379.